The molecule has 0 amide bonds. The van der Waals surface area contributed by atoms with Crippen molar-refractivity contribution in [3.8, 4) is 0 Å². The van der Waals surface area contributed by atoms with Crippen LogP contribution in [0.1, 0.15) is 90.4 Å². The molecular weight excluding hydrogens is 390 g/mol. The van der Waals surface area contributed by atoms with Gasteiger partial charge in [0.05, 0.1) is 9.89 Å². The van der Waals surface area contributed by atoms with Crippen molar-refractivity contribution in [2.24, 2.45) is 0 Å². The molecule has 0 aromatic heterocycles. The van der Waals surface area contributed by atoms with Gasteiger partial charge in [0, 0.05) is 0 Å². The normalized spacial score (nSPS) is 11.9. The number of halogens is 1. The Kier molecular flexibility index (Phi) is 22.7. The van der Waals surface area contributed by atoms with E-state index in [1.54, 1.807) is 0 Å². The number of hydrogen-bond donors (Lipinski definition) is 0. The summed E-state index contributed by atoms with van der Waals surface area (Å²) in [6, 6.07) is 0. The summed E-state index contributed by atoms with van der Waals surface area (Å²) < 4.78 is -0.305. The molecule has 0 spiro atoms. The molecule has 0 aliphatic rings. The Morgan fingerprint density at radius 2 is 1.20 bits per heavy atom. The fourth-order valence-corrected chi connectivity index (χ4v) is 2.72. The minimum atomic E-state index is -0.913. The van der Waals surface area contributed by atoms with E-state index in [-0.39, 0.29) is 55.3 Å². The number of carbonyl (C=O) groups is 1. The standard InChI is InChI=1S/C16H31IO2.K/c1-2-3-4-5-6-7-8-9-10-11-12-13-14-15(17)16(18)19;/h15H,2-14H2,1H3,(H,18,19);/q;+1/p-1. The van der Waals surface area contributed by atoms with Crippen molar-refractivity contribution in [1.82, 2.24) is 0 Å². The van der Waals surface area contributed by atoms with Crippen LogP contribution < -0.4 is 56.5 Å². The molecule has 0 aliphatic carbocycles. The predicted octanol–water partition coefficient (Wildman–Crippen LogP) is 1.64. The predicted molar refractivity (Wildman–Crippen MR) is 88.5 cm³/mol. The third-order valence-corrected chi connectivity index (χ3v) is 4.70. The number of unbranched alkanes of at least 4 members (excludes halogenated alkanes) is 11. The molecule has 2 nitrogen and oxygen atoms in total. The molecule has 1 atom stereocenters. The number of aliphatic carboxylic acids is 1. The van der Waals surface area contributed by atoms with Gasteiger partial charge in [0.2, 0.25) is 0 Å². The van der Waals surface area contributed by atoms with Crippen LogP contribution in [0.15, 0.2) is 0 Å². The van der Waals surface area contributed by atoms with Crippen molar-refractivity contribution in [2.45, 2.75) is 94.3 Å². The molecule has 0 fully saturated rings. The van der Waals surface area contributed by atoms with Gasteiger partial charge in [-0.05, 0) is 6.42 Å². The van der Waals surface area contributed by atoms with Crippen molar-refractivity contribution in [3.05, 3.63) is 0 Å². The zero-order chi connectivity index (χ0) is 14.3. The van der Waals surface area contributed by atoms with Crippen LogP contribution in [0.5, 0.6) is 0 Å². The van der Waals surface area contributed by atoms with Crippen LogP contribution in [0, 0.1) is 0 Å². The Balaban J connectivity index is 0. The molecule has 0 aromatic carbocycles. The molecule has 0 radical (unpaired) electrons. The molecule has 0 saturated heterocycles. The van der Waals surface area contributed by atoms with E-state index >= 15 is 0 Å². The SMILES string of the molecule is CCCCCCCCCCCCCCC(I)C(=O)[O-].[K+]. The summed E-state index contributed by atoms with van der Waals surface area (Å²) in [5, 5.41) is 10.5. The first-order chi connectivity index (χ1) is 9.18. The molecule has 0 aromatic rings. The summed E-state index contributed by atoms with van der Waals surface area (Å²) in [5.41, 5.74) is 0. The van der Waals surface area contributed by atoms with E-state index in [9.17, 15) is 9.90 Å². The number of rotatable bonds is 14. The Morgan fingerprint density at radius 1 is 0.850 bits per heavy atom. The van der Waals surface area contributed by atoms with Gasteiger partial charge < -0.3 is 9.90 Å². The molecular formula is C16H30IKO2. The van der Waals surface area contributed by atoms with Crippen LogP contribution in [0.25, 0.3) is 0 Å². The van der Waals surface area contributed by atoms with Crippen LogP contribution in [0.4, 0.5) is 0 Å². The van der Waals surface area contributed by atoms with Gasteiger partial charge in [-0.3, -0.25) is 0 Å². The number of carbonyl (C=O) groups excluding carboxylic acids is 1. The molecule has 20 heavy (non-hydrogen) atoms. The molecule has 114 valence electrons. The van der Waals surface area contributed by atoms with E-state index in [1.165, 1.54) is 70.6 Å². The Labute approximate surface area is 181 Å². The smallest absolute Gasteiger partial charge is 0.549 e. The minimum Gasteiger partial charge on any atom is -0.549 e. The number of carboxylic acids is 1. The second-order valence-electron chi connectivity index (χ2n) is 5.46. The molecule has 0 aliphatic heterocycles. The zero-order valence-corrected chi connectivity index (χ0v) is 18.7. The molecule has 0 rings (SSSR count). The van der Waals surface area contributed by atoms with Crippen molar-refractivity contribution < 1.29 is 61.3 Å². The number of alkyl halides is 1. The second kappa shape index (κ2) is 18.9. The Hall–Kier alpha value is 1.84. The largest absolute Gasteiger partial charge is 1.00 e. The van der Waals surface area contributed by atoms with E-state index < -0.39 is 5.97 Å². The third-order valence-electron chi connectivity index (χ3n) is 3.57. The maximum atomic E-state index is 10.5. The van der Waals surface area contributed by atoms with Crippen molar-refractivity contribution in [2.75, 3.05) is 0 Å². The monoisotopic (exact) mass is 420 g/mol. The fraction of sp³-hybridized carbons (Fsp3) is 0.938. The summed E-state index contributed by atoms with van der Waals surface area (Å²) in [5.74, 6) is -0.913. The molecule has 0 heterocycles. The average Bonchev–Trinajstić information content (AvgIpc) is 2.39. The van der Waals surface area contributed by atoms with E-state index in [4.69, 9.17) is 0 Å². The summed E-state index contributed by atoms with van der Waals surface area (Å²) >= 11 is 1.96. The van der Waals surface area contributed by atoms with Gasteiger partial charge in [-0.1, -0.05) is 107 Å². The van der Waals surface area contributed by atoms with E-state index in [0.717, 1.165) is 12.8 Å². The first kappa shape index (κ1) is 24.1. The van der Waals surface area contributed by atoms with Crippen LogP contribution >= 0.6 is 22.6 Å². The van der Waals surface area contributed by atoms with Gasteiger partial charge in [-0.25, -0.2) is 0 Å². The Bertz CT molecular complexity index is 213. The van der Waals surface area contributed by atoms with Gasteiger partial charge in [-0.2, -0.15) is 0 Å². The van der Waals surface area contributed by atoms with Gasteiger partial charge >= 0.3 is 51.4 Å². The van der Waals surface area contributed by atoms with Gasteiger partial charge in [-0.15, -0.1) is 0 Å². The Morgan fingerprint density at radius 3 is 1.55 bits per heavy atom. The van der Waals surface area contributed by atoms with Gasteiger partial charge in [0.25, 0.3) is 0 Å². The number of hydrogen-bond acceptors (Lipinski definition) is 2. The van der Waals surface area contributed by atoms with Crippen molar-refractivity contribution >= 4 is 28.6 Å². The van der Waals surface area contributed by atoms with Crippen molar-refractivity contribution in [1.29, 1.82) is 0 Å². The van der Waals surface area contributed by atoms with Crippen LogP contribution in [0.2, 0.25) is 0 Å². The quantitative estimate of drug-likeness (QED) is 0.186. The van der Waals surface area contributed by atoms with E-state index in [2.05, 4.69) is 6.92 Å². The molecule has 0 N–H and O–H groups in total. The molecule has 0 bridgehead atoms. The molecule has 0 saturated carbocycles. The van der Waals surface area contributed by atoms with Crippen LogP contribution in [-0.2, 0) is 4.79 Å². The average molecular weight is 420 g/mol. The maximum absolute atomic E-state index is 10.5. The van der Waals surface area contributed by atoms with Gasteiger partial charge in [0.15, 0.2) is 0 Å². The van der Waals surface area contributed by atoms with E-state index in [0.29, 0.717) is 0 Å². The zero-order valence-electron chi connectivity index (χ0n) is 13.5. The summed E-state index contributed by atoms with van der Waals surface area (Å²) in [7, 11) is 0. The molecule has 1 unspecified atom stereocenters. The van der Waals surface area contributed by atoms with Crippen LogP contribution in [-0.4, -0.2) is 9.89 Å². The summed E-state index contributed by atoms with van der Waals surface area (Å²) in [6.07, 6.45) is 16.6. The number of carboxylic acid groups (broad SMARTS) is 1. The maximum Gasteiger partial charge on any atom is 1.00 e. The first-order valence-corrected chi connectivity index (χ1v) is 9.28. The van der Waals surface area contributed by atoms with Crippen LogP contribution in [0.3, 0.4) is 0 Å². The first-order valence-electron chi connectivity index (χ1n) is 8.03. The fourth-order valence-electron chi connectivity index (χ4n) is 2.28. The topological polar surface area (TPSA) is 40.1 Å². The molecule has 4 heteroatoms. The summed E-state index contributed by atoms with van der Waals surface area (Å²) in [6.45, 7) is 2.26. The van der Waals surface area contributed by atoms with Gasteiger partial charge in [0.1, 0.15) is 0 Å². The van der Waals surface area contributed by atoms with Crippen molar-refractivity contribution in [3.63, 3.8) is 0 Å². The minimum absolute atomic E-state index is 0. The van der Waals surface area contributed by atoms with E-state index in [1.807, 2.05) is 22.6 Å². The third kappa shape index (κ3) is 17.9. The summed E-state index contributed by atoms with van der Waals surface area (Å²) in [4.78, 5) is 10.5. The second-order valence-corrected chi connectivity index (χ2v) is 6.97.